The van der Waals surface area contributed by atoms with Crippen molar-refractivity contribution in [3.8, 4) is 0 Å². The summed E-state index contributed by atoms with van der Waals surface area (Å²) in [5, 5.41) is 5.52. The fraction of sp³-hybridized carbons (Fsp3) is 0.478. The van der Waals surface area contributed by atoms with Crippen LogP contribution in [0.3, 0.4) is 0 Å². The molecule has 1 unspecified atom stereocenters. The number of amides is 1. The number of carbonyl (C=O) groups excluding carboxylic acids is 1. The Bertz CT molecular complexity index is 1120. The molecule has 1 spiro atoms. The maximum absolute atomic E-state index is 13.6. The van der Waals surface area contributed by atoms with Gasteiger partial charge in [0.2, 0.25) is 0 Å². The lowest BCUT2D eigenvalue weighted by molar-refractivity contribution is -0.104. The highest BCUT2D eigenvalue weighted by Gasteiger charge is 2.52. The Morgan fingerprint density at radius 2 is 1.97 bits per heavy atom. The highest BCUT2D eigenvalue weighted by atomic mass is 16.5. The minimum atomic E-state index is -0.232. The van der Waals surface area contributed by atoms with E-state index in [4.69, 9.17) is 4.74 Å². The Morgan fingerprint density at radius 1 is 1.16 bits per heavy atom. The van der Waals surface area contributed by atoms with Gasteiger partial charge in [0.05, 0.1) is 23.9 Å². The first-order chi connectivity index (χ1) is 15.1. The molecule has 3 aliphatic rings. The zero-order valence-corrected chi connectivity index (χ0v) is 17.6. The lowest BCUT2D eigenvalue weighted by Gasteiger charge is -2.50. The summed E-state index contributed by atoms with van der Waals surface area (Å²) >= 11 is 0. The Labute approximate surface area is 180 Å². The molecule has 2 aromatic heterocycles. The van der Waals surface area contributed by atoms with E-state index in [0.29, 0.717) is 12.3 Å². The summed E-state index contributed by atoms with van der Waals surface area (Å²) in [5.74, 6) is 0.955. The lowest BCUT2D eigenvalue weighted by Crippen LogP contribution is -2.61. The van der Waals surface area contributed by atoms with Crippen LogP contribution >= 0.6 is 0 Å². The fourth-order valence-corrected chi connectivity index (χ4v) is 5.87. The molecule has 3 atom stereocenters. The molecule has 31 heavy (non-hydrogen) atoms. The first-order valence-corrected chi connectivity index (χ1v) is 11.0. The number of hydrogen-bond acceptors (Lipinski definition) is 6. The molecule has 160 valence electrons. The predicted molar refractivity (Wildman–Crippen MR) is 116 cm³/mol. The van der Waals surface area contributed by atoms with Crippen LogP contribution in [0.2, 0.25) is 0 Å². The van der Waals surface area contributed by atoms with E-state index in [1.165, 1.54) is 0 Å². The van der Waals surface area contributed by atoms with Crippen LogP contribution in [-0.2, 0) is 11.8 Å². The van der Waals surface area contributed by atoms with Gasteiger partial charge in [-0.25, -0.2) is 4.98 Å². The molecule has 5 heterocycles. The number of hydrogen-bond donors (Lipinski definition) is 0. The number of aryl methyl sites for hydroxylation is 1. The quantitative estimate of drug-likeness (QED) is 0.636. The molecule has 1 aromatic carbocycles. The summed E-state index contributed by atoms with van der Waals surface area (Å²) < 4.78 is 8.20. The number of morpholine rings is 1. The minimum absolute atomic E-state index is 0.0562. The van der Waals surface area contributed by atoms with Gasteiger partial charge in [-0.15, -0.1) is 0 Å². The average Bonchev–Trinajstić information content (AvgIpc) is 3.29. The molecule has 0 saturated carbocycles. The van der Waals surface area contributed by atoms with Gasteiger partial charge in [-0.05, 0) is 31.7 Å². The normalized spacial score (nSPS) is 27.9. The lowest BCUT2D eigenvalue weighted by atomic mass is 9.84. The van der Waals surface area contributed by atoms with Crippen molar-refractivity contribution in [3.63, 3.8) is 0 Å². The van der Waals surface area contributed by atoms with Crippen LogP contribution in [0.4, 0.5) is 5.82 Å². The number of rotatable bonds is 2. The first kappa shape index (κ1) is 18.7. The van der Waals surface area contributed by atoms with E-state index in [9.17, 15) is 4.79 Å². The molecule has 3 saturated heterocycles. The molecule has 8 heteroatoms. The summed E-state index contributed by atoms with van der Waals surface area (Å²) in [5.41, 5.74) is 1.32. The maximum Gasteiger partial charge on any atom is 0.275 e. The molecule has 6 rings (SSSR count). The SMILES string of the molecule is Cn1nc(C(=O)N2[C@@H]3CC[C@H]2CC2(C3)CN(c3cnccn3)CCO2)c2ccccc21. The zero-order chi connectivity index (χ0) is 21.0. The van der Waals surface area contributed by atoms with Crippen LogP contribution in [0.1, 0.15) is 36.2 Å². The minimum Gasteiger partial charge on any atom is -0.371 e. The number of aromatic nitrogens is 4. The summed E-state index contributed by atoms with van der Waals surface area (Å²) in [6.45, 7) is 2.29. The number of benzene rings is 1. The Kier molecular flexibility index (Phi) is 4.24. The standard InChI is InChI=1S/C23H26N6O2/c1-27-19-5-3-2-4-18(19)21(26-27)22(30)29-16-6-7-17(29)13-23(12-16)15-28(10-11-31-23)20-14-24-8-9-25-20/h2-5,8-9,14,16-17H,6-7,10-13,15H2,1H3/t16-,17+,23?. The second-order valence-corrected chi connectivity index (χ2v) is 9.01. The topological polar surface area (TPSA) is 76.4 Å². The number of para-hydroxylation sites is 1. The van der Waals surface area contributed by atoms with Crippen LogP contribution in [0.25, 0.3) is 10.9 Å². The van der Waals surface area contributed by atoms with Gasteiger partial charge in [-0.3, -0.25) is 14.5 Å². The monoisotopic (exact) mass is 418 g/mol. The van der Waals surface area contributed by atoms with Gasteiger partial charge >= 0.3 is 0 Å². The van der Waals surface area contributed by atoms with Crippen molar-refractivity contribution in [2.45, 2.75) is 43.4 Å². The van der Waals surface area contributed by atoms with E-state index in [1.54, 1.807) is 17.1 Å². The van der Waals surface area contributed by atoms with Crippen LogP contribution in [0.5, 0.6) is 0 Å². The summed E-state index contributed by atoms with van der Waals surface area (Å²) in [6, 6.07) is 8.33. The number of ether oxygens (including phenoxy) is 1. The van der Waals surface area contributed by atoms with Crippen molar-refractivity contribution in [2.75, 3.05) is 24.6 Å². The average molecular weight is 419 g/mol. The molecule has 3 aliphatic heterocycles. The van der Waals surface area contributed by atoms with E-state index in [-0.39, 0.29) is 23.6 Å². The Balaban J connectivity index is 1.26. The Hall–Kier alpha value is -3.00. The molecule has 0 radical (unpaired) electrons. The zero-order valence-electron chi connectivity index (χ0n) is 17.6. The largest absolute Gasteiger partial charge is 0.371 e. The molecule has 0 aliphatic carbocycles. The molecule has 0 N–H and O–H groups in total. The summed E-state index contributed by atoms with van der Waals surface area (Å²) in [7, 11) is 1.90. The van der Waals surface area contributed by atoms with Crippen molar-refractivity contribution in [1.82, 2.24) is 24.6 Å². The molecule has 3 fully saturated rings. The van der Waals surface area contributed by atoms with Crippen LogP contribution < -0.4 is 4.90 Å². The Morgan fingerprint density at radius 3 is 2.74 bits per heavy atom. The molecule has 1 amide bonds. The van der Waals surface area contributed by atoms with E-state index < -0.39 is 0 Å². The summed E-state index contributed by atoms with van der Waals surface area (Å²) in [6.07, 6.45) is 9.02. The van der Waals surface area contributed by atoms with Crippen LogP contribution in [-0.4, -0.2) is 67.9 Å². The van der Waals surface area contributed by atoms with Crippen molar-refractivity contribution < 1.29 is 9.53 Å². The van der Waals surface area contributed by atoms with Gasteiger partial charge in [-0.2, -0.15) is 5.10 Å². The van der Waals surface area contributed by atoms with Crippen molar-refractivity contribution in [2.24, 2.45) is 7.05 Å². The van der Waals surface area contributed by atoms with Crippen molar-refractivity contribution in [3.05, 3.63) is 48.5 Å². The molecule has 2 bridgehead atoms. The number of fused-ring (bicyclic) bond motifs is 3. The van der Waals surface area contributed by atoms with Gasteiger partial charge in [0.15, 0.2) is 5.69 Å². The predicted octanol–water partition coefficient (Wildman–Crippen LogP) is 2.41. The van der Waals surface area contributed by atoms with Gasteiger partial charge in [0.1, 0.15) is 5.82 Å². The third-order valence-corrected chi connectivity index (χ3v) is 7.15. The van der Waals surface area contributed by atoms with Gasteiger partial charge in [-0.1, -0.05) is 18.2 Å². The van der Waals surface area contributed by atoms with E-state index in [0.717, 1.165) is 55.5 Å². The van der Waals surface area contributed by atoms with E-state index >= 15 is 0 Å². The number of piperidine rings is 1. The van der Waals surface area contributed by atoms with E-state index in [1.807, 2.05) is 37.5 Å². The van der Waals surface area contributed by atoms with Crippen LogP contribution in [0, 0.1) is 0 Å². The van der Waals surface area contributed by atoms with Crippen molar-refractivity contribution >= 4 is 22.6 Å². The summed E-state index contributed by atoms with van der Waals surface area (Å²) in [4.78, 5) is 26.7. The first-order valence-electron chi connectivity index (χ1n) is 11.0. The van der Waals surface area contributed by atoms with E-state index in [2.05, 4.69) is 24.9 Å². The molecule has 8 nitrogen and oxygen atoms in total. The van der Waals surface area contributed by atoms with Crippen LogP contribution in [0.15, 0.2) is 42.9 Å². The molecular formula is C23H26N6O2. The molecular weight excluding hydrogens is 392 g/mol. The number of anilines is 1. The highest BCUT2D eigenvalue weighted by Crippen LogP contribution is 2.45. The van der Waals surface area contributed by atoms with Gasteiger partial charge < -0.3 is 14.5 Å². The second-order valence-electron chi connectivity index (χ2n) is 9.01. The highest BCUT2D eigenvalue weighted by molar-refractivity contribution is 6.05. The third-order valence-electron chi connectivity index (χ3n) is 7.15. The third kappa shape index (κ3) is 3.00. The smallest absolute Gasteiger partial charge is 0.275 e. The number of carbonyl (C=O) groups is 1. The molecule has 3 aromatic rings. The fourth-order valence-electron chi connectivity index (χ4n) is 5.87. The second kappa shape index (κ2) is 7.02. The number of nitrogens with zero attached hydrogens (tertiary/aromatic N) is 6. The van der Waals surface area contributed by atoms with Gasteiger partial charge in [0, 0.05) is 50.0 Å². The van der Waals surface area contributed by atoms with Gasteiger partial charge in [0.25, 0.3) is 5.91 Å². The van der Waals surface area contributed by atoms with Crippen molar-refractivity contribution in [1.29, 1.82) is 0 Å². The maximum atomic E-state index is 13.6.